The molecule has 7 heteroatoms. The standard InChI is InChI=1S/C27H19ClN2O4/c1-15-10-18(26(32)33)12-19(11-15)34-27-29-23-13-21(22(28)14-24(23)30-27)17-8-6-16(7-9-17)20-4-2-3-5-25(20)31/h2-14,31H,1H3,(H,29,30)(H,32,33). The van der Waals surface area contributed by atoms with Crippen molar-refractivity contribution in [3.05, 3.63) is 95.0 Å². The topological polar surface area (TPSA) is 95.4 Å². The van der Waals surface area contributed by atoms with Gasteiger partial charge in [0.1, 0.15) is 11.5 Å². The van der Waals surface area contributed by atoms with Gasteiger partial charge in [0.05, 0.1) is 21.6 Å². The summed E-state index contributed by atoms with van der Waals surface area (Å²) < 4.78 is 5.80. The number of nitrogens with one attached hydrogen (secondary N) is 1. The second-order valence-corrected chi connectivity index (χ2v) is 8.33. The second-order valence-electron chi connectivity index (χ2n) is 7.93. The molecule has 5 rings (SSSR count). The highest BCUT2D eigenvalue weighted by Crippen LogP contribution is 2.35. The average molecular weight is 471 g/mol. The lowest BCUT2D eigenvalue weighted by Crippen LogP contribution is -1.98. The summed E-state index contributed by atoms with van der Waals surface area (Å²) in [6.07, 6.45) is 0. The van der Waals surface area contributed by atoms with E-state index < -0.39 is 5.97 Å². The lowest BCUT2D eigenvalue weighted by Gasteiger charge is -2.08. The third-order valence-electron chi connectivity index (χ3n) is 5.47. The number of nitrogens with zero attached hydrogens (tertiary/aromatic N) is 1. The zero-order valence-corrected chi connectivity index (χ0v) is 18.8. The molecule has 34 heavy (non-hydrogen) atoms. The van der Waals surface area contributed by atoms with Crippen LogP contribution in [0.25, 0.3) is 33.3 Å². The van der Waals surface area contributed by atoms with Gasteiger partial charge in [-0.2, -0.15) is 4.98 Å². The summed E-state index contributed by atoms with van der Waals surface area (Å²) >= 11 is 6.57. The molecule has 0 bridgehead atoms. The third kappa shape index (κ3) is 4.19. The molecule has 3 N–H and O–H groups in total. The summed E-state index contributed by atoms with van der Waals surface area (Å²) in [5, 5.41) is 19.9. The number of benzene rings is 4. The van der Waals surface area contributed by atoms with Crippen molar-refractivity contribution in [3.8, 4) is 39.8 Å². The van der Waals surface area contributed by atoms with Crippen molar-refractivity contribution in [2.75, 3.05) is 0 Å². The van der Waals surface area contributed by atoms with Crippen LogP contribution in [0, 0.1) is 6.92 Å². The second kappa shape index (κ2) is 8.57. The quantitative estimate of drug-likeness (QED) is 0.255. The SMILES string of the molecule is Cc1cc(Oc2nc3cc(-c4ccc(-c5ccccc5O)cc4)c(Cl)cc3[nH]2)cc(C(=O)O)c1. The number of carbonyl (C=O) groups is 1. The van der Waals surface area contributed by atoms with Gasteiger partial charge in [0.15, 0.2) is 0 Å². The van der Waals surface area contributed by atoms with Crippen LogP contribution in [0.3, 0.4) is 0 Å². The molecule has 0 aliphatic heterocycles. The van der Waals surface area contributed by atoms with Gasteiger partial charge in [-0.1, -0.05) is 54.1 Å². The van der Waals surface area contributed by atoms with Gasteiger partial charge in [-0.05, 0) is 60.0 Å². The maximum atomic E-state index is 11.3. The molecular formula is C27H19ClN2O4. The van der Waals surface area contributed by atoms with Crippen LogP contribution in [0.4, 0.5) is 0 Å². The molecular weight excluding hydrogens is 452 g/mol. The summed E-state index contributed by atoms with van der Waals surface area (Å²) in [5.74, 6) is -0.423. The van der Waals surface area contributed by atoms with E-state index >= 15 is 0 Å². The Labute approximate surface area is 200 Å². The first-order valence-corrected chi connectivity index (χ1v) is 10.9. The maximum Gasteiger partial charge on any atom is 0.335 e. The molecule has 0 saturated carbocycles. The number of phenolic OH excluding ortho intramolecular Hbond substituents is 1. The minimum Gasteiger partial charge on any atom is -0.507 e. The van der Waals surface area contributed by atoms with Gasteiger partial charge in [-0.15, -0.1) is 0 Å². The number of hydrogen-bond donors (Lipinski definition) is 3. The Morgan fingerprint density at radius 2 is 1.65 bits per heavy atom. The maximum absolute atomic E-state index is 11.3. The van der Waals surface area contributed by atoms with Crippen molar-refractivity contribution >= 4 is 28.6 Å². The van der Waals surface area contributed by atoms with Gasteiger partial charge >= 0.3 is 5.97 Å². The number of phenols is 1. The number of imidazole rings is 1. The van der Waals surface area contributed by atoms with Crippen molar-refractivity contribution in [1.29, 1.82) is 0 Å². The fourth-order valence-electron chi connectivity index (χ4n) is 3.87. The third-order valence-corrected chi connectivity index (χ3v) is 5.78. The van der Waals surface area contributed by atoms with Crippen molar-refractivity contribution in [3.63, 3.8) is 0 Å². The van der Waals surface area contributed by atoms with Crippen LogP contribution < -0.4 is 4.74 Å². The Morgan fingerprint density at radius 1 is 0.941 bits per heavy atom. The monoisotopic (exact) mass is 470 g/mol. The number of aromatic nitrogens is 2. The lowest BCUT2D eigenvalue weighted by atomic mass is 9.99. The normalized spacial score (nSPS) is 11.0. The first-order chi connectivity index (χ1) is 16.4. The zero-order chi connectivity index (χ0) is 23.8. The molecule has 6 nitrogen and oxygen atoms in total. The number of aromatic hydroxyl groups is 1. The predicted molar refractivity (Wildman–Crippen MR) is 132 cm³/mol. The molecule has 0 aliphatic carbocycles. The van der Waals surface area contributed by atoms with E-state index in [1.165, 1.54) is 6.07 Å². The molecule has 0 atom stereocenters. The minimum atomic E-state index is -1.02. The molecule has 0 fully saturated rings. The number of hydrogen-bond acceptors (Lipinski definition) is 4. The van der Waals surface area contributed by atoms with Crippen molar-refractivity contribution < 1.29 is 19.7 Å². The highest BCUT2D eigenvalue weighted by molar-refractivity contribution is 6.34. The van der Waals surface area contributed by atoms with Crippen molar-refractivity contribution in [1.82, 2.24) is 9.97 Å². The highest BCUT2D eigenvalue weighted by Gasteiger charge is 2.13. The van der Waals surface area contributed by atoms with E-state index in [9.17, 15) is 15.0 Å². The number of aromatic amines is 1. The number of halogens is 1. The zero-order valence-electron chi connectivity index (χ0n) is 18.0. The molecule has 4 aromatic carbocycles. The van der Waals surface area contributed by atoms with Gasteiger partial charge in [0, 0.05) is 11.1 Å². The fraction of sp³-hybridized carbons (Fsp3) is 0.0370. The van der Waals surface area contributed by atoms with E-state index in [4.69, 9.17) is 16.3 Å². The van der Waals surface area contributed by atoms with E-state index in [1.54, 1.807) is 37.3 Å². The van der Waals surface area contributed by atoms with Crippen molar-refractivity contribution in [2.45, 2.75) is 6.92 Å². The molecule has 1 aromatic heterocycles. The van der Waals surface area contributed by atoms with E-state index in [0.29, 0.717) is 21.8 Å². The number of H-pyrrole nitrogens is 1. The first-order valence-electron chi connectivity index (χ1n) is 10.5. The Morgan fingerprint density at radius 3 is 2.35 bits per heavy atom. The van der Waals surface area contributed by atoms with Crippen LogP contribution in [0.1, 0.15) is 15.9 Å². The van der Waals surface area contributed by atoms with Gasteiger partial charge in [-0.3, -0.25) is 0 Å². The van der Waals surface area contributed by atoms with Crippen LogP contribution in [-0.2, 0) is 0 Å². The number of carboxylic acids is 1. The smallest absolute Gasteiger partial charge is 0.335 e. The molecule has 0 saturated heterocycles. The van der Waals surface area contributed by atoms with Gasteiger partial charge in [-0.25, -0.2) is 4.79 Å². The molecule has 1 heterocycles. The summed E-state index contributed by atoms with van der Waals surface area (Å²) in [7, 11) is 0. The number of carboxylic acid groups (broad SMARTS) is 1. The molecule has 168 valence electrons. The molecule has 0 aliphatic rings. The minimum absolute atomic E-state index is 0.142. The van der Waals surface area contributed by atoms with Crippen LogP contribution in [-0.4, -0.2) is 26.2 Å². The number of ether oxygens (including phenoxy) is 1. The fourth-order valence-corrected chi connectivity index (χ4v) is 4.14. The van der Waals surface area contributed by atoms with E-state index in [-0.39, 0.29) is 17.3 Å². The Hall–Kier alpha value is -4.29. The first kappa shape index (κ1) is 21.6. The molecule has 0 unspecified atom stereocenters. The van der Waals surface area contributed by atoms with Crippen LogP contribution >= 0.6 is 11.6 Å². The van der Waals surface area contributed by atoms with Gasteiger partial charge < -0.3 is 19.9 Å². The number of aryl methyl sites for hydroxylation is 1. The average Bonchev–Trinajstić information content (AvgIpc) is 3.19. The summed E-state index contributed by atoms with van der Waals surface area (Å²) in [6, 6.07) is 23.6. The number of fused-ring (bicyclic) bond motifs is 1. The summed E-state index contributed by atoms with van der Waals surface area (Å²) in [4.78, 5) is 18.9. The van der Waals surface area contributed by atoms with Gasteiger partial charge in [0.25, 0.3) is 6.01 Å². The highest BCUT2D eigenvalue weighted by atomic mass is 35.5. The van der Waals surface area contributed by atoms with Crippen LogP contribution in [0.2, 0.25) is 5.02 Å². The Balaban J connectivity index is 1.46. The molecule has 0 amide bonds. The summed E-state index contributed by atoms with van der Waals surface area (Å²) in [6.45, 7) is 1.80. The Bertz CT molecular complexity index is 1540. The number of aromatic carboxylic acids is 1. The predicted octanol–water partition coefficient (Wildman–Crippen LogP) is 7.05. The molecule has 5 aromatic rings. The number of para-hydroxylation sites is 1. The van der Waals surface area contributed by atoms with E-state index in [0.717, 1.165) is 27.8 Å². The Kier molecular flexibility index (Phi) is 5.43. The van der Waals surface area contributed by atoms with Crippen molar-refractivity contribution in [2.24, 2.45) is 0 Å². The largest absolute Gasteiger partial charge is 0.507 e. The summed E-state index contributed by atoms with van der Waals surface area (Å²) in [5.41, 5.74) is 5.62. The molecule has 0 spiro atoms. The molecule has 0 radical (unpaired) electrons. The van der Waals surface area contributed by atoms with Crippen LogP contribution in [0.15, 0.2) is 78.9 Å². The van der Waals surface area contributed by atoms with E-state index in [1.807, 2.05) is 42.5 Å². The van der Waals surface area contributed by atoms with E-state index in [2.05, 4.69) is 9.97 Å². The number of rotatable bonds is 5. The van der Waals surface area contributed by atoms with Crippen LogP contribution in [0.5, 0.6) is 17.5 Å². The van der Waals surface area contributed by atoms with Gasteiger partial charge in [0.2, 0.25) is 0 Å². The lowest BCUT2D eigenvalue weighted by molar-refractivity contribution is 0.0696.